The Morgan fingerprint density at radius 2 is 1.70 bits per heavy atom. The largest absolute Gasteiger partial charge is 1.00 e. The van der Waals surface area contributed by atoms with Crippen LogP contribution in [0.1, 0.15) is 6.92 Å². The number of nitrogens with one attached hydrogen (secondary N) is 2. The van der Waals surface area contributed by atoms with E-state index in [2.05, 4.69) is 25.6 Å². The molecule has 0 aromatic carbocycles. The molecular formula is C11H22Cl2N6O. The molecule has 9 heteroatoms. The van der Waals surface area contributed by atoms with E-state index in [0.29, 0.717) is 36.0 Å². The number of aliphatic hydroxyl groups excluding tert-OH is 1. The molecule has 0 aliphatic heterocycles. The van der Waals surface area contributed by atoms with Crippen molar-refractivity contribution in [1.29, 1.82) is 0 Å². The van der Waals surface area contributed by atoms with Gasteiger partial charge in [-0.1, -0.05) is 0 Å². The van der Waals surface area contributed by atoms with E-state index in [0.717, 1.165) is 0 Å². The monoisotopic (exact) mass is 324 g/mol. The summed E-state index contributed by atoms with van der Waals surface area (Å²) in [5, 5.41) is 15.9. The first kappa shape index (κ1) is 19.1. The van der Waals surface area contributed by atoms with Gasteiger partial charge >= 0.3 is 0 Å². The van der Waals surface area contributed by atoms with Crippen molar-refractivity contribution in [3.63, 3.8) is 0 Å². The lowest BCUT2D eigenvalue weighted by atomic mass is 10.3. The van der Waals surface area contributed by atoms with Gasteiger partial charge in [0.25, 0.3) is 0 Å². The minimum Gasteiger partial charge on any atom is -1.00 e. The zero-order valence-electron chi connectivity index (χ0n) is 12.2. The van der Waals surface area contributed by atoms with Crippen LogP contribution in [0.3, 0.4) is 0 Å². The minimum absolute atomic E-state index is 0. The normalized spacial score (nSPS) is 12.5. The van der Waals surface area contributed by atoms with Crippen LogP contribution in [-0.4, -0.2) is 71.4 Å². The van der Waals surface area contributed by atoms with Crippen molar-refractivity contribution >= 4 is 23.5 Å². The molecule has 3 N–H and O–H groups in total. The van der Waals surface area contributed by atoms with E-state index in [1.807, 2.05) is 28.1 Å². The summed E-state index contributed by atoms with van der Waals surface area (Å²) >= 11 is 5.80. The van der Waals surface area contributed by atoms with E-state index in [9.17, 15) is 5.11 Å². The second-order valence-electron chi connectivity index (χ2n) is 5.29. The van der Waals surface area contributed by atoms with Crippen molar-refractivity contribution in [3.8, 4) is 0 Å². The number of likely N-dealkylation sites (N-methyl/N-ethyl adjacent to an activating group) is 1. The molecule has 1 heterocycles. The fourth-order valence-electron chi connectivity index (χ4n) is 1.57. The molecule has 0 radical (unpaired) electrons. The Morgan fingerprint density at radius 3 is 2.20 bits per heavy atom. The fourth-order valence-corrected chi connectivity index (χ4v) is 1.73. The van der Waals surface area contributed by atoms with Gasteiger partial charge < -0.3 is 32.6 Å². The van der Waals surface area contributed by atoms with Gasteiger partial charge in [0.15, 0.2) is 0 Å². The van der Waals surface area contributed by atoms with E-state index < -0.39 is 6.10 Å². The predicted molar refractivity (Wildman–Crippen MR) is 76.4 cm³/mol. The standard InChI is InChI=1S/C11H22ClN6O.ClH/c1-5-13-10-15-9(12)16-11(17-10)14-6-8(19)7-18(2,3)4;/h8,19H,5-7H2,1-4H3,(H2,13,14,15,16,17);1H/q+1;/p-1. The van der Waals surface area contributed by atoms with Gasteiger partial charge in [-0.3, -0.25) is 0 Å². The van der Waals surface area contributed by atoms with E-state index >= 15 is 0 Å². The molecule has 7 nitrogen and oxygen atoms in total. The number of quaternary nitrogens is 1. The molecule has 0 saturated heterocycles. The van der Waals surface area contributed by atoms with Crippen molar-refractivity contribution in [3.05, 3.63) is 5.28 Å². The zero-order chi connectivity index (χ0) is 14.5. The molecule has 1 atom stereocenters. The van der Waals surface area contributed by atoms with Crippen molar-refractivity contribution in [2.24, 2.45) is 0 Å². The van der Waals surface area contributed by atoms with Crippen LogP contribution in [0.25, 0.3) is 0 Å². The van der Waals surface area contributed by atoms with Gasteiger partial charge in [0.1, 0.15) is 12.6 Å². The average Bonchev–Trinajstić information content (AvgIpc) is 2.24. The number of hydrogen-bond donors (Lipinski definition) is 3. The van der Waals surface area contributed by atoms with Gasteiger partial charge in [-0.25, -0.2) is 0 Å². The first-order valence-corrected chi connectivity index (χ1v) is 6.56. The summed E-state index contributed by atoms with van der Waals surface area (Å²) in [4.78, 5) is 12.0. The van der Waals surface area contributed by atoms with Crippen LogP contribution in [0.2, 0.25) is 5.28 Å². The third kappa shape index (κ3) is 7.64. The summed E-state index contributed by atoms with van der Waals surface area (Å²) in [5.41, 5.74) is 0. The Hall–Kier alpha value is -0.890. The van der Waals surface area contributed by atoms with Gasteiger partial charge in [-0.15, -0.1) is 0 Å². The van der Waals surface area contributed by atoms with E-state index in [4.69, 9.17) is 11.6 Å². The van der Waals surface area contributed by atoms with Crippen molar-refractivity contribution < 1.29 is 22.0 Å². The molecule has 1 rings (SSSR count). The molecule has 1 aromatic rings. The Kier molecular flexibility index (Phi) is 8.03. The summed E-state index contributed by atoms with van der Waals surface area (Å²) in [5.74, 6) is 0.780. The molecule has 0 fully saturated rings. The molecule has 1 unspecified atom stereocenters. The van der Waals surface area contributed by atoms with Crippen molar-refractivity contribution in [2.75, 3.05) is 51.4 Å². The highest BCUT2D eigenvalue weighted by molar-refractivity contribution is 6.28. The van der Waals surface area contributed by atoms with E-state index in [-0.39, 0.29) is 17.7 Å². The molecule has 0 aliphatic rings. The summed E-state index contributed by atoms with van der Waals surface area (Å²) < 4.78 is 0.684. The maximum atomic E-state index is 9.89. The number of nitrogens with zero attached hydrogens (tertiary/aromatic N) is 4. The maximum absolute atomic E-state index is 9.89. The smallest absolute Gasteiger partial charge is 0.228 e. The number of anilines is 2. The topological polar surface area (TPSA) is 83.0 Å². The van der Waals surface area contributed by atoms with Gasteiger partial charge in [-0.2, -0.15) is 15.0 Å². The van der Waals surface area contributed by atoms with Gasteiger partial charge in [0.2, 0.25) is 17.2 Å². The van der Waals surface area contributed by atoms with Crippen LogP contribution < -0.4 is 23.0 Å². The Labute approximate surface area is 130 Å². The third-order valence-electron chi connectivity index (χ3n) is 2.20. The van der Waals surface area contributed by atoms with Crippen LogP contribution in [0.4, 0.5) is 11.9 Å². The number of rotatable bonds is 7. The highest BCUT2D eigenvalue weighted by Gasteiger charge is 2.15. The molecular weight excluding hydrogens is 303 g/mol. The zero-order valence-corrected chi connectivity index (χ0v) is 13.7. The Bertz CT molecular complexity index is 412. The lowest BCUT2D eigenvalue weighted by Crippen LogP contribution is -3.00. The molecule has 20 heavy (non-hydrogen) atoms. The van der Waals surface area contributed by atoms with Crippen molar-refractivity contribution in [1.82, 2.24) is 15.0 Å². The van der Waals surface area contributed by atoms with Crippen LogP contribution in [0.15, 0.2) is 0 Å². The summed E-state index contributed by atoms with van der Waals surface area (Å²) in [6.07, 6.45) is -0.488. The summed E-state index contributed by atoms with van der Waals surface area (Å²) in [6.45, 7) is 3.63. The molecule has 1 aromatic heterocycles. The fraction of sp³-hybridized carbons (Fsp3) is 0.727. The summed E-state index contributed by atoms with van der Waals surface area (Å²) in [6, 6.07) is 0. The quantitative estimate of drug-likeness (QED) is 0.479. The lowest BCUT2D eigenvalue weighted by Gasteiger charge is -2.26. The minimum atomic E-state index is -0.488. The highest BCUT2D eigenvalue weighted by Crippen LogP contribution is 2.09. The van der Waals surface area contributed by atoms with Gasteiger partial charge in [-0.05, 0) is 18.5 Å². The van der Waals surface area contributed by atoms with Crippen molar-refractivity contribution in [2.45, 2.75) is 13.0 Å². The third-order valence-corrected chi connectivity index (χ3v) is 2.37. The molecule has 0 saturated carbocycles. The lowest BCUT2D eigenvalue weighted by molar-refractivity contribution is -0.873. The molecule has 0 aliphatic carbocycles. The Balaban J connectivity index is 0.00000361. The predicted octanol–water partition coefficient (Wildman–Crippen LogP) is -2.56. The number of aromatic nitrogens is 3. The first-order valence-electron chi connectivity index (χ1n) is 6.18. The Morgan fingerprint density at radius 1 is 1.15 bits per heavy atom. The first-order chi connectivity index (χ1) is 8.80. The number of hydrogen-bond acceptors (Lipinski definition) is 6. The van der Waals surface area contributed by atoms with E-state index in [1.54, 1.807) is 0 Å². The van der Waals surface area contributed by atoms with Crippen LogP contribution in [0.5, 0.6) is 0 Å². The van der Waals surface area contributed by atoms with Crippen LogP contribution in [0, 0.1) is 0 Å². The van der Waals surface area contributed by atoms with Gasteiger partial charge in [0, 0.05) is 13.1 Å². The number of halogens is 2. The van der Waals surface area contributed by atoms with Crippen LogP contribution in [-0.2, 0) is 0 Å². The van der Waals surface area contributed by atoms with Crippen LogP contribution >= 0.6 is 11.6 Å². The second-order valence-corrected chi connectivity index (χ2v) is 5.63. The highest BCUT2D eigenvalue weighted by atomic mass is 35.5. The second kappa shape index (κ2) is 8.41. The van der Waals surface area contributed by atoms with E-state index in [1.165, 1.54) is 0 Å². The van der Waals surface area contributed by atoms with Gasteiger partial charge in [0.05, 0.1) is 21.1 Å². The average molecular weight is 325 g/mol. The maximum Gasteiger partial charge on any atom is 0.228 e. The molecule has 0 amide bonds. The molecule has 0 spiro atoms. The molecule has 0 bridgehead atoms. The SMILES string of the molecule is CCNc1nc(Cl)nc(NCC(O)C[N+](C)(C)C)n1.[Cl-]. The molecule has 116 valence electrons. The number of aliphatic hydroxyl groups is 1. The summed E-state index contributed by atoms with van der Waals surface area (Å²) in [7, 11) is 6.06.